The molecule has 3 rings (SSSR count). The summed E-state index contributed by atoms with van der Waals surface area (Å²) in [7, 11) is 3.36. The number of benzene rings is 2. The second kappa shape index (κ2) is 5.05. The number of amides is 1. The van der Waals surface area contributed by atoms with Crippen LogP contribution in [0, 0.1) is 5.41 Å². The molecule has 0 saturated carbocycles. The minimum absolute atomic E-state index is 0.0583. The Hall–Kier alpha value is -2.62. The number of methoxy groups -OCH3 is 1. The number of hydrogen-bond donors (Lipinski definition) is 1. The fourth-order valence-corrected chi connectivity index (χ4v) is 2.70. The predicted octanol–water partition coefficient (Wildman–Crippen LogP) is 2.82. The van der Waals surface area contributed by atoms with Crippen LogP contribution in [0.25, 0.3) is 0 Å². The lowest BCUT2D eigenvalue weighted by Gasteiger charge is -2.13. The molecule has 0 fully saturated rings. The van der Waals surface area contributed by atoms with Crippen molar-refractivity contribution in [3.8, 4) is 5.75 Å². The van der Waals surface area contributed by atoms with Crippen molar-refractivity contribution in [3.63, 3.8) is 0 Å². The molecule has 106 valence electrons. The van der Waals surface area contributed by atoms with E-state index in [1.807, 2.05) is 36.4 Å². The Bertz CT molecular complexity index is 707. The highest BCUT2D eigenvalue weighted by Gasteiger charge is 2.38. The summed E-state index contributed by atoms with van der Waals surface area (Å²) in [5.41, 5.74) is 2.83. The van der Waals surface area contributed by atoms with Gasteiger partial charge in [-0.3, -0.25) is 4.79 Å². The van der Waals surface area contributed by atoms with Crippen molar-refractivity contribution >= 4 is 17.3 Å². The quantitative estimate of drug-likeness (QED) is 0.879. The summed E-state index contributed by atoms with van der Waals surface area (Å²) in [6.07, 6.45) is 0. The van der Waals surface area contributed by atoms with E-state index in [9.17, 15) is 4.79 Å². The third kappa shape index (κ3) is 2.09. The van der Waals surface area contributed by atoms with E-state index in [0.29, 0.717) is 5.71 Å². The number of nitrogens with zero attached hydrogens (tertiary/aromatic N) is 1. The van der Waals surface area contributed by atoms with Gasteiger partial charge in [-0.05, 0) is 41.5 Å². The van der Waals surface area contributed by atoms with Crippen molar-refractivity contribution in [2.45, 2.75) is 5.92 Å². The van der Waals surface area contributed by atoms with Crippen LogP contribution in [-0.2, 0) is 4.79 Å². The number of nitrogens with one attached hydrogen (secondary N) is 1. The minimum Gasteiger partial charge on any atom is -0.497 e. The number of para-hydroxylation sites is 1. The highest BCUT2D eigenvalue weighted by atomic mass is 16.5. The average molecular weight is 280 g/mol. The number of likely N-dealkylation sites (N-methyl/N-ethyl adjacent to an activating group) is 1. The first-order valence-corrected chi connectivity index (χ1v) is 6.73. The molecule has 2 aromatic rings. The molecule has 0 saturated heterocycles. The molecule has 2 aromatic carbocycles. The molecule has 1 aliphatic heterocycles. The van der Waals surface area contributed by atoms with Gasteiger partial charge in [-0.2, -0.15) is 0 Å². The number of carbonyl (C=O) groups is 1. The molecule has 4 heteroatoms. The predicted molar refractivity (Wildman–Crippen MR) is 82.4 cm³/mol. The van der Waals surface area contributed by atoms with Crippen LogP contribution in [0.5, 0.6) is 5.75 Å². The van der Waals surface area contributed by atoms with Crippen molar-refractivity contribution in [2.75, 3.05) is 19.1 Å². The zero-order valence-corrected chi connectivity index (χ0v) is 12.0. The van der Waals surface area contributed by atoms with Gasteiger partial charge in [0.2, 0.25) is 5.91 Å². The molecule has 1 heterocycles. The van der Waals surface area contributed by atoms with Crippen molar-refractivity contribution in [2.24, 2.45) is 0 Å². The maximum Gasteiger partial charge on any atom is 0.240 e. The van der Waals surface area contributed by atoms with Crippen molar-refractivity contribution in [1.29, 1.82) is 5.41 Å². The van der Waals surface area contributed by atoms with E-state index < -0.39 is 5.92 Å². The maximum absolute atomic E-state index is 12.5. The second-order valence-electron chi connectivity index (χ2n) is 5.03. The van der Waals surface area contributed by atoms with Gasteiger partial charge in [0.15, 0.2) is 0 Å². The smallest absolute Gasteiger partial charge is 0.240 e. The lowest BCUT2D eigenvalue weighted by Crippen LogP contribution is -2.28. The van der Waals surface area contributed by atoms with Gasteiger partial charge in [0.05, 0.1) is 12.8 Å². The summed E-state index contributed by atoms with van der Waals surface area (Å²) >= 11 is 0. The fraction of sp³-hybridized carbons (Fsp3) is 0.176. The SMILES string of the molecule is COc1ccc(C(=N)C2C(=O)N(C)c3ccccc32)cc1. The number of fused-ring (bicyclic) bond motifs is 1. The van der Waals surface area contributed by atoms with Crippen LogP contribution >= 0.6 is 0 Å². The Balaban J connectivity index is 1.99. The highest BCUT2D eigenvalue weighted by Crippen LogP contribution is 2.38. The van der Waals surface area contributed by atoms with Crippen LogP contribution in [-0.4, -0.2) is 25.8 Å². The molecule has 4 nitrogen and oxygen atoms in total. The van der Waals surface area contributed by atoms with Crippen LogP contribution < -0.4 is 9.64 Å². The van der Waals surface area contributed by atoms with Crippen molar-refractivity contribution in [1.82, 2.24) is 0 Å². The van der Waals surface area contributed by atoms with Gasteiger partial charge < -0.3 is 15.0 Å². The number of anilines is 1. The summed E-state index contributed by atoms with van der Waals surface area (Å²) in [4.78, 5) is 14.1. The molecule has 1 N–H and O–H groups in total. The normalized spacial score (nSPS) is 16.8. The first-order valence-electron chi connectivity index (χ1n) is 6.73. The van der Waals surface area contributed by atoms with Gasteiger partial charge in [0, 0.05) is 12.7 Å². The summed E-state index contributed by atoms with van der Waals surface area (Å²) < 4.78 is 5.12. The number of rotatable bonds is 3. The molecule has 0 bridgehead atoms. The molecule has 1 atom stereocenters. The molecule has 0 spiro atoms. The molecule has 0 radical (unpaired) electrons. The van der Waals surface area contributed by atoms with Gasteiger partial charge in [-0.15, -0.1) is 0 Å². The van der Waals surface area contributed by atoms with Gasteiger partial charge in [0.25, 0.3) is 0 Å². The zero-order valence-electron chi connectivity index (χ0n) is 12.0. The number of ether oxygens (including phenoxy) is 1. The molecule has 1 amide bonds. The van der Waals surface area contributed by atoms with Crippen molar-refractivity contribution in [3.05, 3.63) is 59.7 Å². The topological polar surface area (TPSA) is 53.4 Å². The number of hydrogen-bond acceptors (Lipinski definition) is 3. The largest absolute Gasteiger partial charge is 0.497 e. The van der Waals surface area contributed by atoms with Gasteiger partial charge in [-0.25, -0.2) is 0 Å². The summed E-state index contributed by atoms with van der Waals surface area (Å²) in [6, 6.07) is 14.9. The van der Waals surface area contributed by atoms with E-state index in [0.717, 1.165) is 22.6 Å². The van der Waals surface area contributed by atoms with E-state index in [2.05, 4.69) is 0 Å². The molecule has 1 aliphatic rings. The summed E-state index contributed by atoms with van der Waals surface area (Å²) in [5.74, 6) is 0.151. The van der Waals surface area contributed by atoms with Crippen LogP contribution in [0.1, 0.15) is 17.0 Å². The van der Waals surface area contributed by atoms with Crippen LogP contribution in [0.2, 0.25) is 0 Å². The van der Waals surface area contributed by atoms with Crippen LogP contribution in [0.4, 0.5) is 5.69 Å². The Morgan fingerprint density at radius 1 is 1.14 bits per heavy atom. The lowest BCUT2D eigenvalue weighted by atomic mass is 9.91. The third-order valence-corrected chi connectivity index (χ3v) is 3.88. The zero-order chi connectivity index (χ0) is 15.0. The van der Waals surface area contributed by atoms with Crippen molar-refractivity contribution < 1.29 is 9.53 Å². The van der Waals surface area contributed by atoms with E-state index in [4.69, 9.17) is 10.1 Å². The lowest BCUT2D eigenvalue weighted by molar-refractivity contribution is -0.117. The van der Waals surface area contributed by atoms with Crippen LogP contribution in [0.15, 0.2) is 48.5 Å². The van der Waals surface area contributed by atoms with Crippen LogP contribution in [0.3, 0.4) is 0 Å². The van der Waals surface area contributed by atoms with E-state index >= 15 is 0 Å². The molecular weight excluding hydrogens is 264 g/mol. The summed E-state index contributed by atoms with van der Waals surface area (Å²) in [5, 5.41) is 8.42. The van der Waals surface area contributed by atoms with E-state index in [1.54, 1.807) is 31.2 Å². The van der Waals surface area contributed by atoms with E-state index in [-0.39, 0.29) is 5.91 Å². The maximum atomic E-state index is 12.5. The minimum atomic E-state index is -0.528. The fourth-order valence-electron chi connectivity index (χ4n) is 2.70. The first kappa shape index (κ1) is 13.4. The molecule has 0 aromatic heterocycles. The molecule has 1 unspecified atom stereocenters. The summed E-state index contributed by atoms with van der Waals surface area (Å²) in [6.45, 7) is 0. The average Bonchev–Trinajstić information content (AvgIpc) is 2.79. The Kier molecular flexibility index (Phi) is 3.22. The van der Waals surface area contributed by atoms with Gasteiger partial charge >= 0.3 is 0 Å². The molecule has 21 heavy (non-hydrogen) atoms. The molecule has 0 aliphatic carbocycles. The first-order chi connectivity index (χ1) is 10.1. The second-order valence-corrected chi connectivity index (χ2v) is 5.03. The third-order valence-electron chi connectivity index (χ3n) is 3.88. The van der Waals surface area contributed by atoms with Gasteiger partial charge in [-0.1, -0.05) is 18.2 Å². The van der Waals surface area contributed by atoms with E-state index in [1.165, 1.54) is 0 Å². The Morgan fingerprint density at radius 2 is 1.81 bits per heavy atom. The standard InChI is InChI=1S/C17H16N2O2/c1-19-14-6-4-3-5-13(14)15(17(19)20)16(18)11-7-9-12(21-2)10-8-11/h3-10,15,18H,1-2H3. The Labute approximate surface area is 123 Å². The number of carbonyl (C=O) groups excluding carboxylic acids is 1. The van der Waals surface area contributed by atoms with Gasteiger partial charge in [0.1, 0.15) is 11.7 Å². The monoisotopic (exact) mass is 280 g/mol. The Morgan fingerprint density at radius 3 is 2.48 bits per heavy atom. The highest BCUT2D eigenvalue weighted by molar-refractivity contribution is 6.23. The molecular formula is C17H16N2O2.